The van der Waals surface area contributed by atoms with Gasteiger partial charge in [0, 0.05) is 24.0 Å². The molecule has 0 aliphatic rings. The van der Waals surface area contributed by atoms with Crippen LogP contribution in [0.25, 0.3) is 0 Å². The molecule has 4 nitrogen and oxygen atoms in total. The van der Waals surface area contributed by atoms with Crippen LogP contribution in [0.4, 0.5) is 5.69 Å². The van der Waals surface area contributed by atoms with E-state index in [-0.39, 0.29) is 5.91 Å². The van der Waals surface area contributed by atoms with Crippen molar-refractivity contribution in [3.63, 3.8) is 0 Å². The van der Waals surface area contributed by atoms with Crippen molar-refractivity contribution in [1.29, 1.82) is 5.26 Å². The van der Waals surface area contributed by atoms with Crippen LogP contribution in [0.5, 0.6) is 0 Å². The van der Waals surface area contributed by atoms with Gasteiger partial charge >= 0.3 is 0 Å². The minimum atomic E-state index is -0.0330. The highest BCUT2D eigenvalue weighted by Gasteiger charge is 2.03. The van der Waals surface area contributed by atoms with E-state index in [9.17, 15) is 4.79 Å². The van der Waals surface area contributed by atoms with Gasteiger partial charge in [0.05, 0.1) is 11.6 Å². The maximum Gasteiger partial charge on any atom is 0.224 e. The van der Waals surface area contributed by atoms with Gasteiger partial charge in [0.2, 0.25) is 5.91 Å². The van der Waals surface area contributed by atoms with E-state index in [0.717, 1.165) is 5.69 Å². The molecule has 0 bridgehead atoms. The van der Waals surface area contributed by atoms with Crippen molar-refractivity contribution in [3.8, 4) is 6.07 Å². The van der Waals surface area contributed by atoms with E-state index < -0.39 is 0 Å². The van der Waals surface area contributed by atoms with Gasteiger partial charge < -0.3 is 10.3 Å². The van der Waals surface area contributed by atoms with Crippen molar-refractivity contribution < 1.29 is 4.79 Å². The highest BCUT2D eigenvalue weighted by Crippen LogP contribution is 2.09. The van der Waals surface area contributed by atoms with Gasteiger partial charge in [0.1, 0.15) is 0 Å². The lowest BCUT2D eigenvalue weighted by Crippen LogP contribution is -2.12. The van der Waals surface area contributed by atoms with Gasteiger partial charge in [-0.25, -0.2) is 0 Å². The molecule has 2 aromatic rings. The van der Waals surface area contributed by atoms with E-state index in [1.54, 1.807) is 24.3 Å². The Balaban J connectivity index is 1.85. The SMILES string of the molecule is N#Cc1ccc(NC(=O)CCc2ccc[nH]2)cc1. The molecule has 1 heterocycles. The zero-order chi connectivity index (χ0) is 12.8. The quantitative estimate of drug-likeness (QED) is 0.860. The zero-order valence-electron chi connectivity index (χ0n) is 9.81. The van der Waals surface area contributed by atoms with Crippen LogP contribution in [0.3, 0.4) is 0 Å². The second-order valence-corrected chi connectivity index (χ2v) is 3.93. The molecule has 18 heavy (non-hydrogen) atoms. The van der Waals surface area contributed by atoms with Crippen molar-refractivity contribution in [1.82, 2.24) is 4.98 Å². The van der Waals surface area contributed by atoms with E-state index in [2.05, 4.69) is 10.3 Å². The fourth-order valence-corrected chi connectivity index (χ4v) is 1.62. The lowest BCUT2D eigenvalue weighted by Gasteiger charge is -2.04. The fraction of sp³-hybridized carbons (Fsp3) is 0.143. The standard InChI is InChI=1S/C14H13N3O/c15-10-11-3-5-13(6-4-11)17-14(18)8-7-12-2-1-9-16-12/h1-6,9,16H,7-8H2,(H,17,18). The molecular weight excluding hydrogens is 226 g/mol. The molecule has 90 valence electrons. The third-order valence-electron chi connectivity index (χ3n) is 2.58. The second-order valence-electron chi connectivity index (χ2n) is 3.93. The number of carbonyl (C=O) groups is 1. The normalized spacial score (nSPS) is 9.72. The summed E-state index contributed by atoms with van der Waals surface area (Å²) in [6.07, 6.45) is 2.96. The largest absolute Gasteiger partial charge is 0.365 e. The number of H-pyrrole nitrogens is 1. The Morgan fingerprint density at radius 2 is 2.06 bits per heavy atom. The Hall–Kier alpha value is -2.54. The van der Waals surface area contributed by atoms with Gasteiger partial charge in [0.15, 0.2) is 0 Å². The van der Waals surface area contributed by atoms with E-state index in [0.29, 0.717) is 24.1 Å². The summed E-state index contributed by atoms with van der Waals surface area (Å²) in [4.78, 5) is 14.7. The van der Waals surface area contributed by atoms with Crippen molar-refractivity contribution in [2.24, 2.45) is 0 Å². The maximum atomic E-state index is 11.7. The first kappa shape index (κ1) is 11.9. The number of aromatic amines is 1. The van der Waals surface area contributed by atoms with Crippen LogP contribution < -0.4 is 5.32 Å². The molecule has 1 amide bonds. The highest BCUT2D eigenvalue weighted by molar-refractivity contribution is 5.90. The van der Waals surface area contributed by atoms with Crippen LogP contribution in [-0.4, -0.2) is 10.9 Å². The first-order valence-electron chi connectivity index (χ1n) is 5.70. The third kappa shape index (κ3) is 3.22. The second kappa shape index (κ2) is 5.69. The molecule has 0 aliphatic carbocycles. The predicted molar refractivity (Wildman–Crippen MR) is 68.9 cm³/mol. The van der Waals surface area contributed by atoms with E-state index in [4.69, 9.17) is 5.26 Å². The molecule has 0 spiro atoms. The maximum absolute atomic E-state index is 11.7. The molecule has 2 N–H and O–H groups in total. The van der Waals surface area contributed by atoms with Gasteiger partial charge in [0.25, 0.3) is 0 Å². The zero-order valence-corrected chi connectivity index (χ0v) is 9.81. The molecule has 2 rings (SSSR count). The number of nitrogens with one attached hydrogen (secondary N) is 2. The predicted octanol–water partition coefficient (Wildman–Crippen LogP) is 2.46. The molecule has 0 fully saturated rings. The topological polar surface area (TPSA) is 68.7 Å². The number of nitrogens with zero attached hydrogens (tertiary/aromatic N) is 1. The smallest absolute Gasteiger partial charge is 0.224 e. The van der Waals surface area contributed by atoms with Crippen LogP contribution in [-0.2, 0) is 11.2 Å². The van der Waals surface area contributed by atoms with Crippen LogP contribution in [0.15, 0.2) is 42.6 Å². The number of amides is 1. The van der Waals surface area contributed by atoms with E-state index >= 15 is 0 Å². The Morgan fingerprint density at radius 1 is 1.28 bits per heavy atom. The summed E-state index contributed by atoms with van der Waals surface area (Å²) in [7, 11) is 0. The summed E-state index contributed by atoms with van der Waals surface area (Å²) in [5.74, 6) is -0.0330. The average Bonchev–Trinajstić information content (AvgIpc) is 2.90. The molecule has 1 aromatic heterocycles. The minimum absolute atomic E-state index is 0.0330. The molecule has 4 heteroatoms. The Kier molecular flexibility index (Phi) is 3.77. The number of carbonyl (C=O) groups excluding carboxylic acids is 1. The highest BCUT2D eigenvalue weighted by atomic mass is 16.1. The number of nitriles is 1. The molecule has 0 radical (unpaired) electrons. The van der Waals surface area contributed by atoms with Crippen LogP contribution in [0.2, 0.25) is 0 Å². The van der Waals surface area contributed by atoms with Gasteiger partial charge in [-0.2, -0.15) is 5.26 Å². The number of benzene rings is 1. The lowest BCUT2D eigenvalue weighted by molar-refractivity contribution is -0.116. The van der Waals surface area contributed by atoms with Crippen LogP contribution >= 0.6 is 0 Å². The molecular formula is C14H13N3O. The average molecular weight is 239 g/mol. The van der Waals surface area contributed by atoms with Crippen LogP contribution in [0.1, 0.15) is 17.7 Å². The summed E-state index contributed by atoms with van der Waals surface area (Å²) < 4.78 is 0. The molecule has 0 atom stereocenters. The molecule has 0 unspecified atom stereocenters. The van der Waals surface area contributed by atoms with Gasteiger partial charge in [-0.15, -0.1) is 0 Å². The number of rotatable bonds is 4. The lowest BCUT2D eigenvalue weighted by atomic mass is 10.2. The molecule has 0 aliphatic heterocycles. The van der Waals surface area contributed by atoms with Gasteiger partial charge in [-0.1, -0.05) is 0 Å². The fourth-order valence-electron chi connectivity index (χ4n) is 1.62. The minimum Gasteiger partial charge on any atom is -0.365 e. The molecule has 0 saturated carbocycles. The van der Waals surface area contributed by atoms with Crippen molar-refractivity contribution >= 4 is 11.6 Å². The number of aryl methyl sites for hydroxylation is 1. The Bertz CT molecular complexity index is 550. The Morgan fingerprint density at radius 3 is 2.67 bits per heavy atom. The van der Waals surface area contributed by atoms with Gasteiger partial charge in [-0.05, 0) is 42.8 Å². The summed E-state index contributed by atoms with van der Waals surface area (Å²) in [5, 5.41) is 11.5. The van der Waals surface area contributed by atoms with E-state index in [1.165, 1.54) is 0 Å². The summed E-state index contributed by atoms with van der Waals surface area (Å²) in [6.45, 7) is 0. The van der Waals surface area contributed by atoms with Crippen molar-refractivity contribution in [3.05, 3.63) is 53.9 Å². The van der Waals surface area contributed by atoms with Gasteiger partial charge in [-0.3, -0.25) is 4.79 Å². The third-order valence-corrected chi connectivity index (χ3v) is 2.58. The summed E-state index contributed by atoms with van der Waals surface area (Å²) >= 11 is 0. The molecule has 1 aromatic carbocycles. The first-order valence-corrected chi connectivity index (χ1v) is 5.70. The number of hydrogen-bond acceptors (Lipinski definition) is 2. The monoisotopic (exact) mass is 239 g/mol. The number of anilines is 1. The van der Waals surface area contributed by atoms with Crippen LogP contribution in [0, 0.1) is 11.3 Å². The Labute approximate surface area is 105 Å². The summed E-state index contributed by atoms with van der Waals surface area (Å²) in [5.41, 5.74) is 2.34. The number of aromatic nitrogens is 1. The van der Waals surface area contributed by atoms with E-state index in [1.807, 2.05) is 24.4 Å². The number of hydrogen-bond donors (Lipinski definition) is 2. The summed E-state index contributed by atoms with van der Waals surface area (Å²) in [6, 6.07) is 12.7. The molecule has 0 saturated heterocycles. The van der Waals surface area contributed by atoms with Crippen molar-refractivity contribution in [2.45, 2.75) is 12.8 Å². The first-order chi connectivity index (χ1) is 8.78. The van der Waals surface area contributed by atoms with Crippen molar-refractivity contribution in [2.75, 3.05) is 5.32 Å².